The summed E-state index contributed by atoms with van der Waals surface area (Å²) >= 11 is 0. The van der Waals surface area contributed by atoms with E-state index in [1.165, 1.54) is 18.4 Å². The number of carbonyl (C=O) groups is 1. The van der Waals surface area contributed by atoms with Crippen molar-refractivity contribution in [1.29, 1.82) is 0 Å². The minimum absolute atomic E-state index is 0.0224. The molecule has 1 amide bonds. The summed E-state index contributed by atoms with van der Waals surface area (Å²) in [6, 6.07) is 7.99. The van der Waals surface area contributed by atoms with Gasteiger partial charge in [0.2, 0.25) is 0 Å². The van der Waals surface area contributed by atoms with Crippen molar-refractivity contribution in [1.82, 2.24) is 5.32 Å². The maximum atomic E-state index is 11.9. The standard InChI is InChI=1S/C15H22N2O/c1-11-5-7-13(8-6-11)15(18)17-10-12-3-2-4-14(16)9-12/h5-8,12,14H,2-4,9-10,16H2,1H3,(H,17,18). The van der Waals surface area contributed by atoms with E-state index in [2.05, 4.69) is 5.32 Å². The topological polar surface area (TPSA) is 55.1 Å². The van der Waals surface area contributed by atoms with Crippen LogP contribution in [0.2, 0.25) is 0 Å². The summed E-state index contributed by atoms with van der Waals surface area (Å²) in [7, 11) is 0. The van der Waals surface area contributed by atoms with Crippen LogP contribution in [0.4, 0.5) is 0 Å². The zero-order chi connectivity index (χ0) is 13.0. The molecule has 1 fully saturated rings. The summed E-state index contributed by atoms with van der Waals surface area (Å²) in [5.41, 5.74) is 7.85. The Kier molecular flexibility index (Phi) is 4.37. The summed E-state index contributed by atoms with van der Waals surface area (Å²) in [5, 5.41) is 3.01. The van der Waals surface area contributed by atoms with Crippen molar-refractivity contribution >= 4 is 5.91 Å². The predicted octanol–water partition coefficient (Wildman–Crippen LogP) is 2.24. The number of benzene rings is 1. The fourth-order valence-electron chi connectivity index (χ4n) is 2.56. The monoisotopic (exact) mass is 246 g/mol. The molecule has 3 nitrogen and oxygen atoms in total. The van der Waals surface area contributed by atoms with Crippen LogP contribution in [0.1, 0.15) is 41.6 Å². The number of nitrogens with one attached hydrogen (secondary N) is 1. The summed E-state index contributed by atoms with van der Waals surface area (Å²) in [6.45, 7) is 2.77. The Hall–Kier alpha value is -1.35. The Bertz CT molecular complexity index is 399. The van der Waals surface area contributed by atoms with E-state index in [4.69, 9.17) is 5.73 Å². The zero-order valence-electron chi connectivity index (χ0n) is 11.0. The molecule has 18 heavy (non-hydrogen) atoms. The molecule has 1 aliphatic carbocycles. The zero-order valence-corrected chi connectivity index (χ0v) is 11.0. The Morgan fingerprint density at radius 1 is 1.33 bits per heavy atom. The second-order valence-electron chi connectivity index (χ2n) is 5.37. The Labute approximate surface area is 109 Å². The second kappa shape index (κ2) is 6.01. The number of hydrogen-bond acceptors (Lipinski definition) is 2. The van der Waals surface area contributed by atoms with Gasteiger partial charge in [0.25, 0.3) is 5.91 Å². The van der Waals surface area contributed by atoms with E-state index in [-0.39, 0.29) is 5.91 Å². The lowest BCUT2D eigenvalue weighted by atomic mass is 9.86. The van der Waals surface area contributed by atoms with E-state index in [0.29, 0.717) is 12.0 Å². The van der Waals surface area contributed by atoms with Crippen molar-refractivity contribution < 1.29 is 4.79 Å². The first kappa shape index (κ1) is 13.1. The van der Waals surface area contributed by atoms with Crippen LogP contribution >= 0.6 is 0 Å². The molecule has 2 rings (SSSR count). The van der Waals surface area contributed by atoms with E-state index in [9.17, 15) is 4.79 Å². The number of amides is 1. The van der Waals surface area contributed by atoms with E-state index in [0.717, 1.165) is 24.9 Å². The van der Waals surface area contributed by atoms with Gasteiger partial charge in [0, 0.05) is 18.2 Å². The molecule has 1 aliphatic rings. The van der Waals surface area contributed by atoms with Crippen molar-refractivity contribution in [2.24, 2.45) is 11.7 Å². The molecule has 0 bridgehead atoms. The van der Waals surface area contributed by atoms with Crippen LogP contribution in [0.3, 0.4) is 0 Å². The minimum Gasteiger partial charge on any atom is -0.352 e. The molecule has 0 heterocycles. The van der Waals surface area contributed by atoms with E-state index < -0.39 is 0 Å². The van der Waals surface area contributed by atoms with Crippen LogP contribution in [0.5, 0.6) is 0 Å². The van der Waals surface area contributed by atoms with Crippen LogP contribution in [-0.4, -0.2) is 18.5 Å². The van der Waals surface area contributed by atoms with Crippen LogP contribution in [0, 0.1) is 12.8 Å². The highest BCUT2D eigenvalue weighted by Crippen LogP contribution is 2.22. The third-order valence-electron chi connectivity index (χ3n) is 3.69. The highest BCUT2D eigenvalue weighted by molar-refractivity contribution is 5.94. The molecule has 3 heteroatoms. The SMILES string of the molecule is Cc1ccc(C(=O)NCC2CCCC(N)C2)cc1. The van der Waals surface area contributed by atoms with Gasteiger partial charge in [-0.3, -0.25) is 4.79 Å². The molecule has 1 aromatic carbocycles. The summed E-state index contributed by atoms with van der Waals surface area (Å²) in [5.74, 6) is 0.567. The van der Waals surface area contributed by atoms with Gasteiger partial charge in [0.1, 0.15) is 0 Å². The maximum absolute atomic E-state index is 11.9. The quantitative estimate of drug-likeness (QED) is 0.859. The first-order valence-electron chi connectivity index (χ1n) is 6.75. The molecule has 3 N–H and O–H groups in total. The van der Waals surface area contributed by atoms with Gasteiger partial charge < -0.3 is 11.1 Å². The smallest absolute Gasteiger partial charge is 0.251 e. The van der Waals surface area contributed by atoms with Gasteiger partial charge in [0.15, 0.2) is 0 Å². The second-order valence-corrected chi connectivity index (χ2v) is 5.37. The van der Waals surface area contributed by atoms with Gasteiger partial charge in [0.05, 0.1) is 0 Å². The van der Waals surface area contributed by atoms with E-state index >= 15 is 0 Å². The Balaban J connectivity index is 1.82. The fraction of sp³-hybridized carbons (Fsp3) is 0.533. The van der Waals surface area contributed by atoms with Crippen molar-refractivity contribution in [3.63, 3.8) is 0 Å². The average molecular weight is 246 g/mol. The van der Waals surface area contributed by atoms with Crippen molar-refractivity contribution in [2.45, 2.75) is 38.6 Å². The van der Waals surface area contributed by atoms with Gasteiger partial charge in [-0.1, -0.05) is 24.1 Å². The van der Waals surface area contributed by atoms with Crippen LogP contribution < -0.4 is 11.1 Å². The van der Waals surface area contributed by atoms with E-state index in [1.54, 1.807) is 0 Å². The van der Waals surface area contributed by atoms with Gasteiger partial charge in [-0.05, 0) is 44.2 Å². The normalized spacial score (nSPS) is 23.7. The average Bonchev–Trinajstić information content (AvgIpc) is 2.37. The predicted molar refractivity (Wildman–Crippen MR) is 73.4 cm³/mol. The third kappa shape index (κ3) is 3.57. The first-order chi connectivity index (χ1) is 8.65. The van der Waals surface area contributed by atoms with Crippen molar-refractivity contribution in [3.8, 4) is 0 Å². The highest BCUT2D eigenvalue weighted by Gasteiger charge is 2.19. The molecule has 0 aliphatic heterocycles. The fourth-order valence-corrected chi connectivity index (χ4v) is 2.56. The molecule has 0 aromatic heterocycles. The molecule has 1 aromatic rings. The molecule has 2 atom stereocenters. The maximum Gasteiger partial charge on any atom is 0.251 e. The van der Waals surface area contributed by atoms with Crippen molar-refractivity contribution in [3.05, 3.63) is 35.4 Å². The number of hydrogen-bond donors (Lipinski definition) is 2. The lowest BCUT2D eigenvalue weighted by Crippen LogP contribution is -2.35. The Morgan fingerprint density at radius 2 is 2.06 bits per heavy atom. The third-order valence-corrected chi connectivity index (χ3v) is 3.69. The van der Waals surface area contributed by atoms with Crippen LogP contribution in [0.25, 0.3) is 0 Å². The molecular weight excluding hydrogens is 224 g/mol. The molecule has 98 valence electrons. The van der Waals surface area contributed by atoms with Gasteiger partial charge in [-0.15, -0.1) is 0 Å². The van der Waals surface area contributed by atoms with Crippen molar-refractivity contribution in [2.75, 3.05) is 6.54 Å². The first-order valence-corrected chi connectivity index (χ1v) is 6.75. The van der Waals surface area contributed by atoms with Gasteiger partial charge >= 0.3 is 0 Å². The van der Waals surface area contributed by atoms with Gasteiger partial charge in [-0.2, -0.15) is 0 Å². The largest absolute Gasteiger partial charge is 0.352 e. The Morgan fingerprint density at radius 3 is 2.72 bits per heavy atom. The minimum atomic E-state index is 0.0224. The molecule has 0 saturated heterocycles. The summed E-state index contributed by atoms with van der Waals surface area (Å²) < 4.78 is 0. The molecule has 0 spiro atoms. The molecule has 1 saturated carbocycles. The van der Waals surface area contributed by atoms with Crippen LogP contribution in [-0.2, 0) is 0 Å². The lowest BCUT2D eigenvalue weighted by Gasteiger charge is -2.26. The number of rotatable bonds is 3. The lowest BCUT2D eigenvalue weighted by molar-refractivity contribution is 0.0942. The summed E-state index contributed by atoms with van der Waals surface area (Å²) in [6.07, 6.45) is 4.53. The van der Waals surface area contributed by atoms with E-state index in [1.807, 2.05) is 31.2 Å². The molecule has 2 unspecified atom stereocenters. The number of nitrogens with two attached hydrogens (primary N) is 1. The number of aryl methyl sites for hydroxylation is 1. The van der Waals surface area contributed by atoms with Gasteiger partial charge in [-0.25, -0.2) is 0 Å². The molecular formula is C15H22N2O. The molecule has 0 radical (unpaired) electrons. The highest BCUT2D eigenvalue weighted by atomic mass is 16.1. The van der Waals surface area contributed by atoms with Crippen LogP contribution in [0.15, 0.2) is 24.3 Å². The summed E-state index contributed by atoms with van der Waals surface area (Å²) in [4.78, 5) is 11.9. The number of carbonyl (C=O) groups excluding carboxylic acids is 1.